The van der Waals surface area contributed by atoms with Gasteiger partial charge in [0.25, 0.3) is 5.69 Å². The van der Waals surface area contributed by atoms with Crippen LogP contribution in [0, 0.1) is 15.9 Å². The van der Waals surface area contributed by atoms with E-state index in [2.05, 4.69) is 21.0 Å². The van der Waals surface area contributed by atoms with Crippen LogP contribution < -0.4 is 0 Å². The molecule has 0 atom stereocenters. The first-order valence-corrected chi connectivity index (χ1v) is 5.61. The molecule has 0 aliphatic heterocycles. The number of hydrogen-bond donors (Lipinski definition) is 1. The second-order valence-electron chi connectivity index (χ2n) is 3.49. The van der Waals surface area contributed by atoms with E-state index in [1.165, 1.54) is 12.4 Å². The number of hydrogen-bond acceptors (Lipinski definition) is 4. The molecule has 0 radical (unpaired) electrons. The van der Waals surface area contributed by atoms with Gasteiger partial charge in [0.1, 0.15) is 11.5 Å². The highest BCUT2D eigenvalue weighted by Gasteiger charge is 2.23. The number of nitro groups is 1. The molecule has 0 aliphatic carbocycles. The molecule has 19 heavy (non-hydrogen) atoms. The highest BCUT2D eigenvalue weighted by molar-refractivity contribution is 9.10. The Morgan fingerprint density at radius 3 is 2.68 bits per heavy atom. The smallest absolute Gasteiger partial charge is 0.338 e. The van der Waals surface area contributed by atoms with Crippen molar-refractivity contribution in [1.29, 1.82) is 0 Å². The van der Waals surface area contributed by atoms with Crippen LogP contribution >= 0.6 is 15.9 Å². The van der Waals surface area contributed by atoms with Gasteiger partial charge in [0.2, 0.25) is 0 Å². The van der Waals surface area contributed by atoms with Crippen LogP contribution in [0.15, 0.2) is 29.0 Å². The number of carbonyl (C=O) groups is 1. The Hall–Kier alpha value is -2.29. The number of aromatic carboxylic acids is 1. The van der Waals surface area contributed by atoms with E-state index in [4.69, 9.17) is 5.11 Å². The molecule has 0 aliphatic rings. The first-order chi connectivity index (χ1) is 8.90. The van der Waals surface area contributed by atoms with Crippen molar-refractivity contribution in [2.45, 2.75) is 0 Å². The Kier molecular flexibility index (Phi) is 3.30. The zero-order chi connectivity index (χ0) is 14.2. The van der Waals surface area contributed by atoms with E-state index in [1.807, 2.05) is 0 Å². The van der Waals surface area contributed by atoms with Gasteiger partial charge in [-0.3, -0.25) is 10.1 Å². The van der Waals surface area contributed by atoms with Crippen LogP contribution in [0.3, 0.4) is 0 Å². The topological polar surface area (TPSA) is 98.3 Å². The molecule has 0 saturated heterocycles. The van der Waals surface area contributed by atoms with Gasteiger partial charge in [0.15, 0.2) is 0 Å². The molecule has 7 nitrogen and oxygen atoms in total. The molecule has 0 bridgehead atoms. The number of nitro benzene ring substituents is 1. The Balaban J connectivity index is 2.72. The van der Waals surface area contributed by atoms with Crippen molar-refractivity contribution in [3.05, 3.63) is 50.5 Å². The summed E-state index contributed by atoms with van der Waals surface area (Å²) in [6, 6.07) is 1.43. The summed E-state index contributed by atoms with van der Waals surface area (Å²) in [5, 5.41) is 23.5. The van der Waals surface area contributed by atoms with Crippen molar-refractivity contribution in [2.24, 2.45) is 0 Å². The number of halogens is 2. The normalized spacial score (nSPS) is 10.4. The third-order valence-electron chi connectivity index (χ3n) is 2.29. The molecular formula is C10H5BrFN3O4. The van der Waals surface area contributed by atoms with Gasteiger partial charge in [-0.05, 0) is 22.0 Å². The SMILES string of the molecule is O=C(O)c1cc(-n2cc(Br)cn2)c([N+](=O)[O-])cc1F. The quantitative estimate of drug-likeness (QED) is 0.688. The Morgan fingerprint density at radius 2 is 2.21 bits per heavy atom. The largest absolute Gasteiger partial charge is 0.478 e. The predicted molar refractivity (Wildman–Crippen MR) is 64.8 cm³/mol. The van der Waals surface area contributed by atoms with E-state index in [9.17, 15) is 19.3 Å². The Bertz CT molecular complexity index is 685. The second-order valence-corrected chi connectivity index (χ2v) is 4.40. The minimum atomic E-state index is -1.51. The van der Waals surface area contributed by atoms with E-state index >= 15 is 0 Å². The summed E-state index contributed by atoms with van der Waals surface area (Å²) < 4.78 is 15.1. The lowest BCUT2D eigenvalue weighted by Gasteiger charge is -2.05. The fourth-order valence-electron chi connectivity index (χ4n) is 1.48. The van der Waals surface area contributed by atoms with E-state index in [0.29, 0.717) is 10.5 Å². The number of carboxylic acid groups (broad SMARTS) is 1. The first kappa shape index (κ1) is 13.1. The van der Waals surface area contributed by atoms with Gasteiger partial charge in [0, 0.05) is 6.20 Å². The minimum absolute atomic E-state index is 0.130. The Labute approximate surface area is 113 Å². The number of rotatable bonds is 3. The van der Waals surface area contributed by atoms with Crippen molar-refractivity contribution in [3.8, 4) is 5.69 Å². The summed E-state index contributed by atoms with van der Waals surface area (Å²) in [5.41, 5.74) is -1.36. The molecule has 0 amide bonds. The number of aromatic nitrogens is 2. The highest BCUT2D eigenvalue weighted by Crippen LogP contribution is 2.27. The fourth-order valence-corrected chi connectivity index (χ4v) is 1.76. The van der Waals surface area contributed by atoms with Gasteiger partial charge in [-0.1, -0.05) is 0 Å². The maximum atomic E-state index is 13.4. The lowest BCUT2D eigenvalue weighted by Crippen LogP contribution is -2.07. The van der Waals surface area contributed by atoms with Gasteiger partial charge < -0.3 is 5.11 Å². The van der Waals surface area contributed by atoms with Gasteiger partial charge in [0.05, 0.1) is 27.2 Å². The lowest BCUT2D eigenvalue weighted by atomic mass is 10.1. The minimum Gasteiger partial charge on any atom is -0.478 e. The molecule has 98 valence electrons. The van der Waals surface area contributed by atoms with Crippen molar-refractivity contribution >= 4 is 27.6 Å². The number of carboxylic acids is 1. The van der Waals surface area contributed by atoms with Crippen molar-refractivity contribution in [3.63, 3.8) is 0 Å². The van der Waals surface area contributed by atoms with E-state index < -0.39 is 28.0 Å². The number of benzene rings is 1. The summed E-state index contributed by atoms with van der Waals surface area (Å²) in [5.74, 6) is -2.69. The van der Waals surface area contributed by atoms with Crippen LogP contribution in [-0.2, 0) is 0 Å². The molecule has 2 rings (SSSR count). The van der Waals surface area contributed by atoms with Crippen molar-refractivity contribution < 1.29 is 19.2 Å². The molecule has 1 aromatic heterocycles. The zero-order valence-electron chi connectivity index (χ0n) is 9.08. The zero-order valence-corrected chi connectivity index (χ0v) is 10.7. The highest BCUT2D eigenvalue weighted by atomic mass is 79.9. The molecule has 1 heterocycles. The van der Waals surface area contributed by atoms with E-state index in [-0.39, 0.29) is 5.69 Å². The molecule has 0 fully saturated rings. The predicted octanol–water partition coefficient (Wildman–Crippen LogP) is 2.38. The second kappa shape index (κ2) is 4.76. The molecule has 1 N–H and O–H groups in total. The molecule has 1 aromatic carbocycles. The average molecular weight is 330 g/mol. The molecule has 2 aromatic rings. The maximum absolute atomic E-state index is 13.4. The van der Waals surface area contributed by atoms with Crippen LogP contribution in [0.5, 0.6) is 0 Å². The maximum Gasteiger partial charge on any atom is 0.338 e. The molecule has 0 unspecified atom stereocenters. The fraction of sp³-hybridized carbons (Fsp3) is 0. The summed E-state index contributed by atoms with van der Waals surface area (Å²) in [4.78, 5) is 20.9. The van der Waals surface area contributed by atoms with Crippen LogP contribution in [0.25, 0.3) is 5.69 Å². The van der Waals surface area contributed by atoms with Gasteiger partial charge >= 0.3 is 5.97 Å². The third-order valence-corrected chi connectivity index (χ3v) is 2.70. The lowest BCUT2D eigenvalue weighted by molar-refractivity contribution is -0.384. The molecule has 0 spiro atoms. The van der Waals surface area contributed by atoms with Crippen LogP contribution in [0.4, 0.5) is 10.1 Å². The third kappa shape index (κ3) is 2.45. The van der Waals surface area contributed by atoms with Gasteiger partial charge in [-0.25, -0.2) is 13.9 Å². The summed E-state index contributed by atoms with van der Waals surface area (Å²) in [6.07, 6.45) is 2.76. The summed E-state index contributed by atoms with van der Waals surface area (Å²) >= 11 is 3.11. The molecular weight excluding hydrogens is 325 g/mol. The van der Waals surface area contributed by atoms with Crippen LogP contribution in [-0.4, -0.2) is 25.8 Å². The van der Waals surface area contributed by atoms with Gasteiger partial charge in [-0.15, -0.1) is 0 Å². The summed E-state index contributed by atoms with van der Waals surface area (Å²) in [6.45, 7) is 0. The van der Waals surface area contributed by atoms with Crippen molar-refractivity contribution in [2.75, 3.05) is 0 Å². The average Bonchev–Trinajstić information content (AvgIpc) is 2.74. The molecule has 9 heteroatoms. The number of nitrogens with zero attached hydrogens (tertiary/aromatic N) is 3. The van der Waals surface area contributed by atoms with Crippen molar-refractivity contribution in [1.82, 2.24) is 9.78 Å². The van der Waals surface area contributed by atoms with Crippen LogP contribution in [0.2, 0.25) is 0 Å². The van der Waals surface area contributed by atoms with E-state index in [0.717, 1.165) is 10.7 Å². The summed E-state index contributed by atoms with van der Waals surface area (Å²) in [7, 11) is 0. The monoisotopic (exact) mass is 329 g/mol. The Morgan fingerprint density at radius 1 is 1.53 bits per heavy atom. The standard InChI is InChI=1S/C10H5BrFN3O4/c11-5-3-13-14(4-5)8-1-6(10(16)17)7(12)2-9(8)15(18)19/h1-4H,(H,16,17). The van der Waals surface area contributed by atoms with Crippen LogP contribution in [0.1, 0.15) is 10.4 Å². The first-order valence-electron chi connectivity index (χ1n) is 4.82. The van der Waals surface area contributed by atoms with E-state index in [1.54, 1.807) is 0 Å². The molecule has 0 saturated carbocycles. The van der Waals surface area contributed by atoms with Gasteiger partial charge in [-0.2, -0.15) is 5.10 Å².